The lowest BCUT2D eigenvalue weighted by Gasteiger charge is -2.16. The summed E-state index contributed by atoms with van der Waals surface area (Å²) in [6.45, 7) is 4.21. The van der Waals surface area contributed by atoms with Gasteiger partial charge in [-0.05, 0) is 42.7 Å². The van der Waals surface area contributed by atoms with E-state index in [1.165, 1.54) is 0 Å². The number of halogens is 1. The van der Waals surface area contributed by atoms with Crippen LogP contribution >= 0.6 is 15.9 Å². The van der Waals surface area contributed by atoms with Crippen molar-refractivity contribution in [1.29, 1.82) is 0 Å². The highest BCUT2D eigenvalue weighted by Crippen LogP contribution is 2.25. The third-order valence-electron chi connectivity index (χ3n) is 4.89. The topological polar surface area (TPSA) is 75.7 Å². The molecule has 0 saturated carbocycles. The van der Waals surface area contributed by atoms with Crippen LogP contribution in [-0.2, 0) is 25.7 Å². The molecule has 1 atom stereocenters. The molecule has 1 aliphatic rings. The minimum absolute atomic E-state index is 0.0822. The van der Waals surface area contributed by atoms with Gasteiger partial charge in [0.1, 0.15) is 0 Å². The molecule has 1 fully saturated rings. The maximum Gasteiger partial charge on any atom is 0.311 e. The number of anilines is 1. The van der Waals surface area contributed by atoms with E-state index in [4.69, 9.17) is 4.74 Å². The third-order valence-corrected chi connectivity index (χ3v) is 5.74. The standard InChI is InChI=1S/C22H23BrN2O4/c1-14-9-19(15(2)8-18(14)23)24-20(26)13-29-22(28)17-10-21(27)25(12-17)11-16-6-4-3-5-7-16/h3-9,17H,10-13H2,1-2H3,(H,24,26)/t17-/m1/s1. The van der Waals surface area contributed by atoms with Gasteiger partial charge in [-0.1, -0.05) is 46.3 Å². The van der Waals surface area contributed by atoms with Crippen molar-refractivity contribution in [3.8, 4) is 0 Å². The van der Waals surface area contributed by atoms with Gasteiger partial charge >= 0.3 is 5.97 Å². The molecule has 1 N–H and O–H groups in total. The third kappa shape index (κ3) is 5.44. The van der Waals surface area contributed by atoms with Crippen LogP contribution in [0.25, 0.3) is 0 Å². The quantitative estimate of drug-likeness (QED) is 0.670. The van der Waals surface area contributed by atoms with Crippen LogP contribution in [0.5, 0.6) is 0 Å². The predicted molar refractivity (Wildman–Crippen MR) is 113 cm³/mol. The Balaban J connectivity index is 1.50. The van der Waals surface area contributed by atoms with Crippen molar-refractivity contribution < 1.29 is 19.1 Å². The number of hydrogen-bond acceptors (Lipinski definition) is 4. The number of aryl methyl sites for hydroxylation is 2. The molecule has 7 heteroatoms. The molecule has 152 valence electrons. The zero-order valence-electron chi connectivity index (χ0n) is 16.4. The van der Waals surface area contributed by atoms with Crippen LogP contribution in [0.4, 0.5) is 5.69 Å². The lowest BCUT2D eigenvalue weighted by molar-refractivity contribution is -0.151. The summed E-state index contributed by atoms with van der Waals surface area (Å²) in [7, 11) is 0. The van der Waals surface area contributed by atoms with Gasteiger partial charge in [0.15, 0.2) is 6.61 Å². The van der Waals surface area contributed by atoms with Gasteiger partial charge in [-0.15, -0.1) is 0 Å². The summed E-state index contributed by atoms with van der Waals surface area (Å²) in [5.41, 5.74) is 3.58. The van der Waals surface area contributed by atoms with Gasteiger partial charge in [-0.3, -0.25) is 14.4 Å². The van der Waals surface area contributed by atoms with Crippen molar-refractivity contribution in [2.45, 2.75) is 26.8 Å². The molecular formula is C22H23BrN2O4. The average molecular weight is 459 g/mol. The minimum Gasteiger partial charge on any atom is -0.455 e. The first kappa shape index (κ1) is 21.0. The van der Waals surface area contributed by atoms with Gasteiger partial charge < -0.3 is 15.0 Å². The van der Waals surface area contributed by atoms with Crippen molar-refractivity contribution in [3.63, 3.8) is 0 Å². The fourth-order valence-electron chi connectivity index (χ4n) is 3.24. The molecule has 1 aliphatic heterocycles. The monoisotopic (exact) mass is 458 g/mol. The van der Waals surface area contributed by atoms with Crippen LogP contribution in [0.1, 0.15) is 23.1 Å². The van der Waals surface area contributed by atoms with Gasteiger partial charge in [0.05, 0.1) is 5.92 Å². The van der Waals surface area contributed by atoms with E-state index < -0.39 is 17.8 Å². The van der Waals surface area contributed by atoms with Crippen LogP contribution in [-0.4, -0.2) is 35.8 Å². The number of amides is 2. The number of benzene rings is 2. The smallest absolute Gasteiger partial charge is 0.311 e. The molecule has 6 nitrogen and oxygen atoms in total. The second-order valence-electron chi connectivity index (χ2n) is 7.23. The molecule has 0 unspecified atom stereocenters. The highest BCUT2D eigenvalue weighted by molar-refractivity contribution is 9.10. The second-order valence-corrected chi connectivity index (χ2v) is 8.09. The normalized spacial score (nSPS) is 16.0. The number of rotatable bonds is 6. The van der Waals surface area contributed by atoms with Crippen LogP contribution in [0, 0.1) is 19.8 Å². The summed E-state index contributed by atoms with van der Waals surface area (Å²) in [4.78, 5) is 38.3. The SMILES string of the molecule is Cc1cc(NC(=O)COC(=O)[C@@H]2CC(=O)N(Cc3ccccc3)C2)c(C)cc1Br. The summed E-state index contributed by atoms with van der Waals surface area (Å²) in [6, 6.07) is 13.4. The summed E-state index contributed by atoms with van der Waals surface area (Å²) < 4.78 is 6.12. The van der Waals surface area contributed by atoms with E-state index in [1.807, 2.05) is 56.3 Å². The fourth-order valence-corrected chi connectivity index (χ4v) is 3.70. The minimum atomic E-state index is -0.546. The molecule has 0 spiro atoms. The van der Waals surface area contributed by atoms with E-state index >= 15 is 0 Å². The summed E-state index contributed by atoms with van der Waals surface area (Å²) in [6.07, 6.45) is 0.109. The Morgan fingerprint density at radius 1 is 1.17 bits per heavy atom. The number of esters is 1. The van der Waals surface area contributed by atoms with Gasteiger partial charge in [0.2, 0.25) is 5.91 Å². The molecule has 2 amide bonds. The largest absolute Gasteiger partial charge is 0.455 e. The van der Waals surface area contributed by atoms with Gasteiger partial charge in [-0.2, -0.15) is 0 Å². The lowest BCUT2D eigenvalue weighted by Crippen LogP contribution is -2.28. The Morgan fingerprint density at radius 2 is 1.90 bits per heavy atom. The fraction of sp³-hybridized carbons (Fsp3) is 0.318. The molecule has 0 radical (unpaired) electrons. The Hall–Kier alpha value is -2.67. The molecule has 1 saturated heterocycles. The van der Waals surface area contributed by atoms with Gasteiger partial charge in [0, 0.05) is 29.7 Å². The van der Waals surface area contributed by atoms with E-state index in [2.05, 4.69) is 21.2 Å². The second kappa shape index (κ2) is 9.22. The zero-order chi connectivity index (χ0) is 21.0. The Labute approximate surface area is 178 Å². The number of nitrogens with one attached hydrogen (secondary N) is 1. The molecule has 29 heavy (non-hydrogen) atoms. The van der Waals surface area contributed by atoms with Crippen LogP contribution in [0.2, 0.25) is 0 Å². The number of likely N-dealkylation sites (tertiary alicyclic amines) is 1. The number of ether oxygens (including phenoxy) is 1. The molecule has 3 rings (SSSR count). The van der Waals surface area contributed by atoms with Crippen molar-refractivity contribution in [2.75, 3.05) is 18.5 Å². The van der Waals surface area contributed by atoms with Crippen molar-refractivity contribution >= 4 is 39.4 Å². The summed E-state index contributed by atoms with van der Waals surface area (Å²) in [5, 5.41) is 2.76. The summed E-state index contributed by atoms with van der Waals surface area (Å²) >= 11 is 3.45. The Morgan fingerprint density at radius 3 is 2.62 bits per heavy atom. The lowest BCUT2D eigenvalue weighted by atomic mass is 10.1. The van der Waals surface area contributed by atoms with Crippen molar-refractivity contribution in [1.82, 2.24) is 4.90 Å². The van der Waals surface area contributed by atoms with Crippen molar-refractivity contribution in [3.05, 3.63) is 63.6 Å². The van der Waals surface area contributed by atoms with E-state index in [0.29, 0.717) is 18.8 Å². The van der Waals surface area contributed by atoms with Crippen LogP contribution < -0.4 is 5.32 Å². The predicted octanol–water partition coefficient (Wildman–Crippen LogP) is 3.60. The molecule has 0 bridgehead atoms. The van der Waals surface area contributed by atoms with E-state index in [1.54, 1.807) is 4.90 Å². The zero-order valence-corrected chi connectivity index (χ0v) is 18.0. The molecule has 2 aromatic carbocycles. The Bertz CT molecular complexity index is 930. The molecule has 1 heterocycles. The van der Waals surface area contributed by atoms with Crippen LogP contribution in [0.3, 0.4) is 0 Å². The average Bonchev–Trinajstić information content (AvgIpc) is 3.05. The van der Waals surface area contributed by atoms with Gasteiger partial charge in [-0.25, -0.2) is 0 Å². The maximum absolute atomic E-state index is 12.3. The molecule has 0 aromatic heterocycles. The van der Waals surface area contributed by atoms with Gasteiger partial charge in [0.25, 0.3) is 5.91 Å². The maximum atomic E-state index is 12.3. The molecule has 0 aliphatic carbocycles. The summed E-state index contributed by atoms with van der Waals surface area (Å²) in [5.74, 6) is -1.56. The van der Waals surface area contributed by atoms with E-state index in [-0.39, 0.29) is 18.9 Å². The molecule has 2 aromatic rings. The number of nitrogens with zero attached hydrogens (tertiary/aromatic N) is 1. The highest BCUT2D eigenvalue weighted by Gasteiger charge is 2.35. The number of carbonyl (C=O) groups is 3. The first-order valence-electron chi connectivity index (χ1n) is 9.38. The highest BCUT2D eigenvalue weighted by atomic mass is 79.9. The first-order valence-corrected chi connectivity index (χ1v) is 10.2. The Kier molecular flexibility index (Phi) is 6.69. The van der Waals surface area contributed by atoms with Crippen LogP contribution in [0.15, 0.2) is 46.9 Å². The van der Waals surface area contributed by atoms with E-state index in [9.17, 15) is 14.4 Å². The number of carbonyl (C=O) groups excluding carboxylic acids is 3. The molecular weight excluding hydrogens is 436 g/mol. The first-order chi connectivity index (χ1) is 13.8. The number of hydrogen-bond donors (Lipinski definition) is 1. The van der Waals surface area contributed by atoms with E-state index in [0.717, 1.165) is 21.2 Å². The van der Waals surface area contributed by atoms with Crippen molar-refractivity contribution in [2.24, 2.45) is 5.92 Å².